The van der Waals surface area contributed by atoms with E-state index in [1.54, 1.807) is 0 Å². The van der Waals surface area contributed by atoms with E-state index in [1.807, 2.05) is 0 Å². The third kappa shape index (κ3) is 3.83. The van der Waals surface area contributed by atoms with Crippen molar-refractivity contribution in [2.45, 2.75) is 11.3 Å². The largest absolute Gasteiger partial charge is 0.433 e. The number of halogens is 3. The normalized spacial score (nSPS) is 12.2. The first-order chi connectivity index (χ1) is 10.5. The minimum Gasteiger partial charge on any atom is -0.366 e. The van der Waals surface area contributed by atoms with Gasteiger partial charge in [-0.2, -0.15) is 13.2 Å². The van der Waals surface area contributed by atoms with Gasteiger partial charge in [-0.15, -0.1) is 0 Å². The topological polar surface area (TPSA) is 103 Å². The summed E-state index contributed by atoms with van der Waals surface area (Å²) in [5.74, 6) is -0.778. The molecule has 0 aliphatic rings. The zero-order chi connectivity index (χ0) is 17.4. The second-order valence-corrected chi connectivity index (χ2v) is 6.55. The summed E-state index contributed by atoms with van der Waals surface area (Å²) in [4.78, 5) is 17.8. The first-order valence-corrected chi connectivity index (χ1v) is 7.94. The zero-order valence-corrected chi connectivity index (χ0v) is 12.4. The van der Waals surface area contributed by atoms with Gasteiger partial charge in [-0.25, -0.2) is 18.4 Å². The summed E-state index contributed by atoms with van der Waals surface area (Å²) >= 11 is 0. The quantitative estimate of drug-likeness (QED) is 0.852. The Morgan fingerprint density at radius 1 is 1.17 bits per heavy atom. The molecular formula is C13H10F3N3O3S. The van der Waals surface area contributed by atoms with Crippen LogP contribution in [0.15, 0.2) is 35.5 Å². The van der Waals surface area contributed by atoms with Gasteiger partial charge in [-0.3, -0.25) is 4.79 Å². The fourth-order valence-corrected chi connectivity index (χ4v) is 2.24. The Bertz CT molecular complexity index is 880. The molecule has 0 radical (unpaired) electrons. The van der Waals surface area contributed by atoms with Crippen molar-refractivity contribution in [3.8, 4) is 11.3 Å². The molecule has 0 saturated carbocycles. The van der Waals surface area contributed by atoms with Gasteiger partial charge in [0.15, 0.2) is 0 Å². The van der Waals surface area contributed by atoms with E-state index < -0.39 is 32.8 Å². The first-order valence-electron chi connectivity index (χ1n) is 6.05. The van der Waals surface area contributed by atoms with Crippen LogP contribution in [0.5, 0.6) is 0 Å². The molecule has 0 spiro atoms. The lowest BCUT2D eigenvalue weighted by atomic mass is 10.1. The van der Waals surface area contributed by atoms with Crippen LogP contribution in [0.4, 0.5) is 13.2 Å². The summed E-state index contributed by atoms with van der Waals surface area (Å²) in [6.07, 6.45) is -4.15. The monoisotopic (exact) mass is 345 g/mol. The van der Waals surface area contributed by atoms with E-state index in [9.17, 15) is 26.4 Å². The summed E-state index contributed by atoms with van der Waals surface area (Å²) in [7, 11) is -4.06. The van der Waals surface area contributed by atoms with Crippen molar-refractivity contribution < 1.29 is 26.4 Å². The van der Waals surface area contributed by atoms with Crippen molar-refractivity contribution in [1.82, 2.24) is 9.97 Å². The van der Waals surface area contributed by atoms with Gasteiger partial charge in [0.1, 0.15) is 5.69 Å². The number of hydrogen-bond donors (Lipinski definition) is 1. The van der Waals surface area contributed by atoms with Crippen LogP contribution in [0.1, 0.15) is 16.1 Å². The van der Waals surface area contributed by atoms with Crippen LogP contribution in [0.25, 0.3) is 11.3 Å². The molecule has 0 atom stereocenters. The van der Waals surface area contributed by atoms with Gasteiger partial charge in [-0.05, 0) is 18.2 Å². The first kappa shape index (κ1) is 16.9. The number of nitrogens with two attached hydrogens (primary N) is 1. The molecule has 6 nitrogen and oxygen atoms in total. The van der Waals surface area contributed by atoms with E-state index in [0.717, 1.165) is 0 Å². The standard InChI is InChI=1S/C13H10F3N3O3S/c1-23(21,22)12-18-9(6-10(19-12)13(14,15)16)7-3-2-4-8(5-7)11(17)20/h2-6H,1H3,(H2,17,20). The van der Waals surface area contributed by atoms with E-state index in [-0.39, 0.29) is 16.8 Å². The number of aromatic nitrogens is 2. The van der Waals surface area contributed by atoms with Gasteiger partial charge >= 0.3 is 6.18 Å². The van der Waals surface area contributed by atoms with Crippen LogP contribution in [0.3, 0.4) is 0 Å². The molecule has 1 heterocycles. The zero-order valence-electron chi connectivity index (χ0n) is 11.6. The van der Waals surface area contributed by atoms with E-state index in [1.165, 1.54) is 24.3 Å². The second-order valence-electron chi connectivity index (χ2n) is 4.64. The second kappa shape index (κ2) is 5.61. The third-order valence-corrected chi connectivity index (χ3v) is 3.62. The molecule has 1 aromatic carbocycles. The summed E-state index contributed by atoms with van der Waals surface area (Å²) in [5.41, 5.74) is 3.60. The Hall–Kier alpha value is -2.49. The van der Waals surface area contributed by atoms with E-state index in [0.29, 0.717) is 12.3 Å². The molecule has 1 aromatic heterocycles. The fraction of sp³-hybridized carbons (Fsp3) is 0.154. The molecule has 0 aliphatic carbocycles. The Balaban J connectivity index is 2.72. The molecular weight excluding hydrogens is 335 g/mol. The number of primary amides is 1. The van der Waals surface area contributed by atoms with Crippen LogP contribution in [0, 0.1) is 0 Å². The van der Waals surface area contributed by atoms with Crippen molar-refractivity contribution in [2.75, 3.05) is 6.26 Å². The highest BCUT2D eigenvalue weighted by molar-refractivity contribution is 7.90. The maximum atomic E-state index is 12.9. The smallest absolute Gasteiger partial charge is 0.366 e. The molecule has 23 heavy (non-hydrogen) atoms. The van der Waals surface area contributed by atoms with Gasteiger partial charge in [-0.1, -0.05) is 12.1 Å². The van der Waals surface area contributed by atoms with E-state index in [4.69, 9.17) is 5.73 Å². The summed E-state index contributed by atoms with van der Waals surface area (Å²) in [5, 5.41) is -0.952. The Morgan fingerprint density at radius 2 is 1.83 bits per heavy atom. The SMILES string of the molecule is CS(=O)(=O)c1nc(-c2cccc(C(N)=O)c2)cc(C(F)(F)F)n1. The molecule has 2 aromatic rings. The minimum absolute atomic E-state index is 0.0515. The highest BCUT2D eigenvalue weighted by Crippen LogP contribution is 2.31. The Labute approximate surface area is 129 Å². The van der Waals surface area contributed by atoms with Crippen LogP contribution >= 0.6 is 0 Å². The fourth-order valence-electron chi connectivity index (χ4n) is 1.72. The summed E-state index contributed by atoms with van der Waals surface area (Å²) in [6, 6.07) is 5.97. The molecule has 1 amide bonds. The van der Waals surface area contributed by atoms with Crippen LogP contribution in [0.2, 0.25) is 0 Å². The molecule has 10 heteroatoms. The molecule has 2 rings (SSSR count). The highest BCUT2D eigenvalue weighted by atomic mass is 32.2. The number of rotatable bonds is 3. The number of alkyl halides is 3. The molecule has 0 bridgehead atoms. The van der Waals surface area contributed by atoms with Crippen molar-refractivity contribution in [2.24, 2.45) is 5.73 Å². The molecule has 2 N–H and O–H groups in total. The number of nitrogens with zero attached hydrogens (tertiary/aromatic N) is 2. The number of amides is 1. The highest BCUT2D eigenvalue weighted by Gasteiger charge is 2.34. The molecule has 122 valence electrons. The van der Waals surface area contributed by atoms with Gasteiger partial charge in [0.05, 0.1) is 5.69 Å². The average Bonchev–Trinajstić information content (AvgIpc) is 2.45. The van der Waals surface area contributed by atoms with E-state index >= 15 is 0 Å². The Morgan fingerprint density at radius 3 is 2.35 bits per heavy atom. The number of carbonyl (C=O) groups is 1. The molecule has 0 saturated heterocycles. The molecule has 0 aliphatic heterocycles. The van der Waals surface area contributed by atoms with Crippen molar-refractivity contribution >= 4 is 15.7 Å². The molecule has 0 fully saturated rings. The maximum Gasteiger partial charge on any atom is 0.433 e. The van der Waals surface area contributed by atoms with Gasteiger partial charge in [0.2, 0.25) is 20.9 Å². The van der Waals surface area contributed by atoms with Gasteiger partial charge in [0.25, 0.3) is 0 Å². The number of sulfone groups is 1. The third-order valence-electron chi connectivity index (χ3n) is 2.77. The van der Waals surface area contributed by atoms with E-state index in [2.05, 4.69) is 9.97 Å². The van der Waals surface area contributed by atoms with Gasteiger partial charge < -0.3 is 5.73 Å². The minimum atomic E-state index is -4.85. The van der Waals surface area contributed by atoms with Crippen molar-refractivity contribution in [3.63, 3.8) is 0 Å². The summed E-state index contributed by atoms with van der Waals surface area (Å²) < 4.78 is 61.7. The predicted molar refractivity (Wildman–Crippen MR) is 74.1 cm³/mol. The number of hydrogen-bond acceptors (Lipinski definition) is 5. The lowest BCUT2D eigenvalue weighted by Gasteiger charge is -2.10. The summed E-state index contributed by atoms with van der Waals surface area (Å²) in [6.45, 7) is 0. The molecule has 0 unspecified atom stereocenters. The lowest BCUT2D eigenvalue weighted by molar-refractivity contribution is -0.141. The van der Waals surface area contributed by atoms with Crippen LogP contribution < -0.4 is 5.73 Å². The Kier molecular flexibility index (Phi) is 4.12. The predicted octanol–water partition coefficient (Wildman–Crippen LogP) is 1.66. The maximum absolute atomic E-state index is 12.9. The average molecular weight is 345 g/mol. The van der Waals surface area contributed by atoms with Crippen molar-refractivity contribution in [3.05, 3.63) is 41.6 Å². The van der Waals surface area contributed by atoms with Crippen molar-refractivity contribution in [1.29, 1.82) is 0 Å². The van der Waals surface area contributed by atoms with Gasteiger partial charge in [0, 0.05) is 17.4 Å². The number of benzene rings is 1. The lowest BCUT2D eigenvalue weighted by Crippen LogP contribution is -2.14. The van der Waals surface area contributed by atoms with Crippen LogP contribution in [-0.2, 0) is 16.0 Å². The van der Waals surface area contributed by atoms with Crippen LogP contribution in [-0.4, -0.2) is 30.5 Å². The number of carbonyl (C=O) groups excluding carboxylic acids is 1.